The van der Waals surface area contributed by atoms with Gasteiger partial charge in [0.15, 0.2) is 5.16 Å². The van der Waals surface area contributed by atoms with Crippen LogP contribution < -0.4 is 5.32 Å². The highest BCUT2D eigenvalue weighted by atomic mass is 32.2. The van der Waals surface area contributed by atoms with E-state index in [1.807, 2.05) is 6.08 Å². The second-order valence-corrected chi connectivity index (χ2v) is 9.39. The Bertz CT molecular complexity index is 890. The Kier molecular flexibility index (Phi) is 7.81. The largest absolute Gasteiger partial charge is 0.349 e. The lowest BCUT2D eigenvalue weighted by atomic mass is 9.88. The predicted molar refractivity (Wildman–Crippen MR) is 125 cm³/mol. The Morgan fingerprint density at radius 1 is 1.19 bits per heavy atom. The van der Waals surface area contributed by atoms with E-state index in [1.165, 1.54) is 55.2 Å². The van der Waals surface area contributed by atoms with Gasteiger partial charge < -0.3 is 14.8 Å². The van der Waals surface area contributed by atoms with E-state index >= 15 is 0 Å². The summed E-state index contributed by atoms with van der Waals surface area (Å²) in [4.78, 5) is 15.2. The summed E-state index contributed by atoms with van der Waals surface area (Å²) in [7, 11) is 0. The third kappa shape index (κ3) is 5.77. The van der Waals surface area contributed by atoms with Gasteiger partial charge in [-0.2, -0.15) is 0 Å². The maximum Gasteiger partial charge on any atom is 0.230 e. The van der Waals surface area contributed by atoms with Gasteiger partial charge in [0, 0.05) is 19.5 Å². The fourth-order valence-electron chi connectivity index (χ4n) is 4.63. The van der Waals surface area contributed by atoms with E-state index in [0.29, 0.717) is 12.3 Å². The van der Waals surface area contributed by atoms with Crippen molar-refractivity contribution in [1.82, 2.24) is 25.0 Å². The Morgan fingerprint density at radius 2 is 2.03 bits per heavy atom. The molecule has 2 aliphatic rings. The number of aryl methyl sites for hydroxylation is 1. The highest BCUT2D eigenvalue weighted by Crippen LogP contribution is 2.29. The number of piperidine rings is 1. The van der Waals surface area contributed by atoms with Crippen molar-refractivity contribution in [2.45, 2.75) is 62.7 Å². The summed E-state index contributed by atoms with van der Waals surface area (Å²) in [6.07, 6.45) is 9.90. The molecule has 1 aromatic carbocycles. The number of fused-ring (bicyclic) bond motifs is 1. The monoisotopic (exact) mass is 439 g/mol. The first-order valence-corrected chi connectivity index (χ1v) is 12.5. The van der Waals surface area contributed by atoms with Gasteiger partial charge in [-0.15, -0.1) is 16.8 Å². The van der Waals surface area contributed by atoms with Crippen LogP contribution in [0.25, 0.3) is 0 Å². The van der Waals surface area contributed by atoms with Gasteiger partial charge in [-0.25, -0.2) is 0 Å². The SMILES string of the molecule is C=CCn1c(CCN2CCCCC2)nnc1SCC(=O)NC1CCCc2ccccc21. The molecule has 1 aliphatic carbocycles. The quantitative estimate of drug-likeness (QED) is 0.476. The topological polar surface area (TPSA) is 63.1 Å². The highest BCUT2D eigenvalue weighted by Gasteiger charge is 2.22. The number of hydrogen-bond donors (Lipinski definition) is 1. The summed E-state index contributed by atoms with van der Waals surface area (Å²) in [5, 5.41) is 12.8. The molecule has 1 amide bonds. The number of rotatable bonds is 9. The molecule has 7 heteroatoms. The van der Waals surface area contributed by atoms with Crippen LogP contribution in [0, 0.1) is 0 Å². The van der Waals surface area contributed by atoms with E-state index in [9.17, 15) is 4.79 Å². The van der Waals surface area contributed by atoms with Gasteiger partial charge in [-0.3, -0.25) is 4.79 Å². The van der Waals surface area contributed by atoms with Crippen molar-refractivity contribution in [2.24, 2.45) is 0 Å². The van der Waals surface area contributed by atoms with Crippen LogP contribution >= 0.6 is 11.8 Å². The molecule has 2 aromatic rings. The predicted octanol–water partition coefficient (Wildman–Crippen LogP) is 3.78. The normalized spacial score (nSPS) is 19.0. The summed E-state index contributed by atoms with van der Waals surface area (Å²) >= 11 is 1.46. The minimum absolute atomic E-state index is 0.0507. The van der Waals surface area contributed by atoms with Crippen LogP contribution in [-0.4, -0.2) is 51.0 Å². The van der Waals surface area contributed by atoms with Gasteiger partial charge in [0.1, 0.15) is 5.82 Å². The Labute approximate surface area is 189 Å². The molecule has 0 radical (unpaired) electrons. The molecule has 1 saturated heterocycles. The van der Waals surface area contributed by atoms with Crippen molar-refractivity contribution >= 4 is 17.7 Å². The maximum absolute atomic E-state index is 12.7. The van der Waals surface area contributed by atoms with Crippen molar-refractivity contribution < 1.29 is 4.79 Å². The molecular formula is C24H33N5OS. The summed E-state index contributed by atoms with van der Waals surface area (Å²) in [6, 6.07) is 8.56. The zero-order chi connectivity index (χ0) is 21.5. The maximum atomic E-state index is 12.7. The molecule has 1 unspecified atom stereocenters. The van der Waals surface area contributed by atoms with Crippen LogP contribution in [-0.2, 0) is 24.2 Å². The number of hydrogen-bond acceptors (Lipinski definition) is 5. The fourth-order valence-corrected chi connectivity index (χ4v) is 5.41. The summed E-state index contributed by atoms with van der Waals surface area (Å²) in [6.45, 7) is 7.94. The molecule has 6 nitrogen and oxygen atoms in total. The summed E-state index contributed by atoms with van der Waals surface area (Å²) in [5.74, 6) is 1.38. The molecule has 2 heterocycles. The Hall–Kier alpha value is -2.12. The fraction of sp³-hybridized carbons (Fsp3) is 0.542. The smallest absolute Gasteiger partial charge is 0.230 e. The minimum atomic E-state index is 0.0507. The number of allylic oxidation sites excluding steroid dienone is 1. The van der Waals surface area contributed by atoms with Crippen LogP contribution in [0.2, 0.25) is 0 Å². The third-order valence-corrected chi connectivity index (χ3v) is 7.21. The van der Waals surface area contributed by atoms with E-state index in [0.717, 1.165) is 43.2 Å². The number of likely N-dealkylation sites (tertiary alicyclic amines) is 1. The number of benzene rings is 1. The molecule has 1 N–H and O–H groups in total. The second-order valence-electron chi connectivity index (χ2n) is 8.45. The number of nitrogens with one attached hydrogen (secondary N) is 1. The number of carbonyl (C=O) groups is 1. The summed E-state index contributed by atoms with van der Waals surface area (Å²) in [5.41, 5.74) is 2.62. The van der Waals surface area contributed by atoms with Gasteiger partial charge in [0.2, 0.25) is 5.91 Å². The van der Waals surface area contributed by atoms with Gasteiger partial charge in [-0.05, 0) is 56.3 Å². The van der Waals surface area contributed by atoms with Gasteiger partial charge in [0.25, 0.3) is 0 Å². The van der Waals surface area contributed by atoms with Crippen molar-refractivity contribution in [3.63, 3.8) is 0 Å². The van der Waals surface area contributed by atoms with Gasteiger partial charge in [-0.1, -0.05) is 48.5 Å². The van der Waals surface area contributed by atoms with Gasteiger partial charge >= 0.3 is 0 Å². The van der Waals surface area contributed by atoms with E-state index in [4.69, 9.17) is 0 Å². The van der Waals surface area contributed by atoms with Gasteiger partial charge in [0.05, 0.1) is 11.8 Å². The molecule has 0 spiro atoms. The molecule has 31 heavy (non-hydrogen) atoms. The van der Waals surface area contributed by atoms with Crippen molar-refractivity contribution in [3.8, 4) is 0 Å². The zero-order valence-electron chi connectivity index (χ0n) is 18.3. The lowest BCUT2D eigenvalue weighted by molar-refractivity contribution is -0.119. The third-order valence-electron chi connectivity index (χ3n) is 6.24. The second kappa shape index (κ2) is 11.0. The average Bonchev–Trinajstić information content (AvgIpc) is 3.19. The molecule has 0 saturated carbocycles. The van der Waals surface area contributed by atoms with Crippen LogP contribution in [0.15, 0.2) is 42.1 Å². The van der Waals surface area contributed by atoms with E-state index in [2.05, 4.69) is 55.8 Å². The number of thioether (sulfide) groups is 1. The molecule has 1 atom stereocenters. The first-order chi connectivity index (χ1) is 15.2. The lowest BCUT2D eigenvalue weighted by Gasteiger charge is -2.26. The minimum Gasteiger partial charge on any atom is -0.349 e. The number of amides is 1. The molecule has 0 bridgehead atoms. The number of nitrogens with zero attached hydrogens (tertiary/aromatic N) is 4. The van der Waals surface area contributed by atoms with Crippen molar-refractivity contribution in [3.05, 3.63) is 53.9 Å². The Balaban J connectivity index is 1.33. The van der Waals surface area contributed by atoms with Crippen LogP contribution in [0.4, 0.5) is 0 Å². The van der Waals surface area contributed by atoms with Crippen LogP contribution in [0.1, 0.15) is 55.1 Å². The standard InChI is InChI=1S/C24H33N5OS/c1-2-14-29-22(13-17-28-15-6-3-7-16-28)26-27-24(29)31-18-23(30)25-21-12-8-10-19-9-4-5-11-20(19)21/h2,4-5,9,11,21H,1,3,6-8,10,12-18H2,(H,25,30). The molecule has 1 aliphatic heterocycles. The highest BCUT2D eigenvalue weighted by molar-refractivity contribution is 7.99. The number of aromatic nitrogens is 3. The van der Waals surface area contributed by atoms with Crippen LogP contribution in [0.5, 0.6) is 0 Å². The number of carbonyl (C=O) groups excluding carboxylic acids is 1. The van der Waals surface area contributed by atoms with E-state index in [1.54, 1.807) is 0 Å². The molecule has 4 rings (SSSR count). The first-order valence-electron chi connectivity index (χ1n) is 11.5. The Morgan fingerprint density at radius 3 is 2.87 bits per heavy atom. The van der Waals surface area contributed by atoms with E-state index in [-0.39, 0.29) is 11.9 Å². The molecule has 1 aromatic heterocycles. The lowest BCUT2D eigenvalue weighted by Crippen LogP contribution is -2.32. The average molecular weight is 440 g/mol. The molecule has 166 valence electrons. The summed E-state index contributed by atoms with van der Waals surface area (Å²) < 4.78 is 2.10. The van der Waals surface area contributed by atoms with E-state index < -0.39 is 0 Å². The first kappa shape index (κ1) is 22.1. The van der Waals surface area contributed by atoms with Crippen molar-refractivity contribution in [2.75, 3.05) is 25.4 Å². The van der Waals surface area contributed by atoms with Crippen molar-refractivity contribution in [1.29, 1.82) is 0 Å². The zero-order valence-corrected chi connectivity index (χ0v) is 19.1. The molecule has 1 fully saturated rings. The molecular weight excluding hydrogens is 406 g/mol. The van der Waals surface area contributed by atoms with Crippen LogP contribution in [0.3, 0.4) is 0 Å².